The number of hydrogen-bond donors (Lipinski definition) is 0. The quantitative estimate of drug-likeness (QED) is 0.852. The van der Waals surface area contributed by atoms with Gasteiger partial charge in [-0.3, -0.25) is 9.78 Å². The molecule has 1 saturated carbocycles. The van der Waals surface area contributed by atoms with Gasteiger partial charge in [0.25, 0.3) is 5.91 Å². The third kappa shape index (κ3) is 2.88. The van der Waals surface area contributed by atoms with Gasteiger partial charge in [0.15, 0.2) is 0 Å². The van der Waals surface area contributed by atoms with E-state index in [0.29, 0.717) is 18.7 Å². The van der Waals surface area contributed by atoms with Crippen molar-refractivity contribution in [1.82, 2.24) is 9.88 Å². The summed E-state index contributed by atoms with van der Waals surface area (Å²) in [5.41, 5.74) is 0.517. The lowest BCUT2D eigenvalue weighted by Crippen LogP contribution is -2.36. The summed E-state index contributed by atoms with van der Waals surface area (Å²) in [4.78, 5) is 18.4. The predicted octanol–water partition coefficient (Wildman–Crippen LogP) is 1.88. The largest absolute Gasteiger partial charge is 0.375 e. The standard InChI is InChI=1S/C17H22N2O3/c20-16(14-3-6-18-7-4-14)19-8-5-17(12-19)9-15(11-22-17)21-10-13-1-2-13/h3-4,6-7,13,15H,1-2,5,8-12H2/t15-,17+/m1/s1. The van der Waals surface area contributed by atoms with Crippen LogP contribution in [-0.4, -0.2) is 53.8 Å². The molecule has 1 spiro atoms. The van der Waals surface area contributed by atoms with Gasteiger partial charge in [0.05, 0.1) is 24.9 Å². The van der Waals surface area contributed by atoms with Crippen LogP contribution in [0.2, 0.25) is 0 Å². The molecule has 1 aliphatic carbocycles. The normalized spacial score (nSPS) is 31.1. The van der Waals surface area contributed by atoms with Crippen molar-refractivity contribution in [3.63, 3.8) is 0 Å². The average molecular weight is 302 g/mol. The second-order valence-corrected chi connectivity index (χ2v) is 6.81. The van der Waals surface area contributed by atoms with Crippen molar-refractivity contribution in [2.45, 2.75) is 37.4 Å². The summed E-state index contributed by atoms with van der Waals surface area (Å²) in [6, 6.07) is 3.54. The number of ether oxygens (including phenoxy) is 2. The summed E-state index contributed by atoms with van der Waals surface area (Å²) >= 11 is 0. The molecule has 2 saturated heterocycles. The lowest BCUT2D eigenvalue weighted by Gasteiger charge is -2.23. The molecule has 1 aromatic heterocycles. The van der Waals surface area contributed by atoms with Gasteiger partial charge in [0.2, 0.25) is 0 Å². The Morgan fingerprint density at radius 1 is 1.41 bits per heavy atom. The highest BCUT2D eigenvalue weighted by atomic mass is 16.6. The molecule has 3 aliphatic rings. The number of likely N-dealkylation sites (tertiary alicyclic amines) is 1. The second-order valence-electron chi connectivity index (χ2n) is 6.81. The van der Waals surface area contributed by atoms with Crippen LogP contribution in [0.15, 0.2) is 24.5 Å². The zero-order chi connectivity index (χ0) is 15.0. The first-order valence-corrected chi connectivity index (χ1v) is 8.19. The molecule has 0 N–H and O–H groups in total. The topological polar surface area (TPSA) is 51.7 Å². The molecule has 22 heavy (non-hydrogen) atoms. The van der Waals surface area contributed by atoms with Crippen LogP contribution in [-0.2, 0) is 9.47 Å². The monoisotopic (exact) mass is 302 g/mol. The molecular formula is C17H22N2O3. The lowest BCUT2D eigenvalue weighted by molar-refractivity contribution is 0.00157. The van der Waals surface area contributed by atoms with Gasteiger partial charge in [-0.05, 0) is 37.3 Å². The molecule has 5 nitrogen and oxygen atoms in total. The van der Waals surface area contributed by atoms with E-state index in [9.17, 15) is 4.79 Å². The molecule has 3 fully saturated rings. The zero-order valence-electron chi connectivity index (χ0n) is 12.7. The van der Waals surface area contributed by atoms with Crippen LogP contribution in [0.5, 0.6) is 0 Å². The molecule has 3 heterocycles. The van der Waals surface area contributed by atoms with Gasteiger partial charge in [-0.2, -0.15) is 0 Å². The summed E-state index contributed by atoms with van der Waals surface area (Å²) < 4.78 is 12.0. The molecule has 118 valence electrons. The van der Waals surface area contributed by atoms with Gasteiger partial charge in [-0.25, -0.2) is 0 Å². The van der Waals surface area contributed by atoms with Crippen molar-refractivity contribution in [2.24, 2.45) is 5.92 Å². The minimum atomic E-state index is -0.184. The molecule has 1 amide bonds. The number of rotatable bonds is 4. The SMILES string of the molecule is O=C(c1ccncc1)N1CC[C@]2(C[C@@H](OCC3CC3)CO2)C1. The van der Waals surface area contributed by atoms with Crippen LogP contribution < -0.4 is 0 Å². The molecule has 0 unspecified atom stereocenters. The first-order valence-electron chi connectivity index (χ1n) is 8.19. The van der Waals surface area contributed by atoms with Gasteiger partial charge in [0.1, 0.15) is 0 Å². The van der Waals surface area contributed by atoms with Gasteiger partial charge in [0, 0.05) is 37.5 Å². The maximum atomic E-state index is 12.5. The van der Waals surface area contributed by atoms with Crippen molar-refractivity contribution in [3.05, 3.63) is 30.1 Å². The molecule has 2 aliphatic heterocycles. The number of aromatic nitrogens is 1. The Balaban J connectivity index is 1.34. The highest BCUT2D eigenvalue weighted by molar-refractivity contribution is 5.94. The Labute approximate surface area is 130 Å². The fraction of sp³-hybridized carbons (Fsp3) is 0.647. The molecule has 1 aromatic rings. The van der Waals surface area contributed by atoms with E-state index in [1.807, 2.05) is 4.90 Å². The molecule has 2 atom stereocenters. The van der Waals surface area contributed by atoms with E-state index in [2.05, 4.69) is 4.98 Å². The summed E-state index contributed by atoms with van der Waals surface area (Å²) in [6.07, 6.45) is 7.98. The fourth-order valence-corrected chi connectivity index (χ4v) is 3.45. The minimum absolute atomic E-state index is 0.0743. The van der Waals surface area contributed by atoms with Crippen LogP contribution in [0.4, 0.5) is 0 Å². The van der Waals surface area contributed by atoms with E-state index in [1.54, 1.807) is 24.5 Å². The van der Waals surface area contributed by atoms with Gasteiger partial charge in [-0.15, -0.1) is 0 Å². The first-order chi connectivity index (χ1) is 10.7. The molecule has 5 heteroatoms. The van der Waals surface area contributed by atoms with Crippen molar-refractivity contribution >= 4 is 5.91 Å². The minimum Gasteiger partial charge on any atom is -0.375 e. The summed E-state index contributed by atoms with van der Waals surface area (Å²) in [5.74, 6) is 0.857. The third-order valence-electron chi connectivity index (χ3n) is 4.97. The maximum Gasteiger partial charge on any atom is 0.254 e. The summed E-state index contributed by atoms with van der Waals surface area (Å²) in [7, 11) is 0. The predicted molar refractivity (Wildman–Crippen MR) is 80.5 cm³/mol. The molecule has 0 bridgehead atoms. The van der Waals surface area contributed by atoms with Crippen LogP contribution in [0.1, 0.15) is 36.0 Å². The van der Waals surface area contributed by atoms with Crippen molar-refractivity contribution in [2.75, 3.05) is 26.3 Å². The van der Waals surface area contributed by atoms with Crippen LogP contribution in [0, 0.1) is 5.92 Å². The Morgan fingerprint density at radius 2 is 2.23 bits per heavy atom. The number of hydrogen-bond acceptors (Lipinski definition) is 4. The van der Waals surface area contributed by atoms with E-state index < -0.39 is 0 Å². The van der Waals surface area contributed by atoms with E-state index >= 15 is 0 Å². The van der Waals surface area contributed by atoms with E-state index in [1.165, 1.54) is 12.8 Å². The first kappa shape index (κ1) is 14.2. The van der Waals surface area contributed by atoms with Crippen LogP contribution in [0.25, 0.3) is 0 Å². The molecule has 0 aromatic carbocycles. The highest BCUT2D eigenvalue weighted by Crippen LogP contribution is 2.38. The number of carbonyl (C=O) groups is 1. The fourth-order valence-electron chi connectivity index (χ4n) is 3.45. The second kappa shape index (κ2) is 5.63. The van der Waals surface area contributed by atoms with E-state index in [-0.39, 0.29) is 17.6 Å². The maximum absolute atomic E-state index is 12.5. The third-order valence-corrected chi connectivity index (χ3v) is 4.97. The number of pyridine rings is 1. The van der Waals surface area contributed by atoms with Crippen molar-refractivity contribution in [3.8, 4) is 0 Å². The zero-order valence-corrected chi connectivity index (χ0v) is 12.7. The van der Waals surface area contributed by atoms with Crippen LogP contribution >= 0.6 is 0 Å². The van der Waals surface area contributed by atoms with Gasteiger partial charge in [-0.1, -0.05) is 0 Å². The van der Waals surface area contributed by atoms with Crippen molar-refractivity contribution < 1.29 is 14.3 Å². The summed E-state index contributed by atoms with van der Waals surface area (Å²) in [6.45, 7) is 2.99. The molecule has 0 radical (unpaired) electrons. The smallest absolute Gasteiger partial charge is 0.254 e. The molecule has 4 rings (SSSR count). The lowest BCUT2D eigenvalue weighted by atomic mass is 9.98. The highest BCUT2D eigenvalue weighted by Gasteiger charge is 2.47. The number of carbonyl (C=O) groups excluding carboxylic acids is 1. The average Bonchev–Trinajstić information content (AvgIpc) is 3.18. The van der Waals surface area contributed by atoms with E-state index in [0.717, 1.165) is 31.9 Å². The van der Waals surface area contributed by atoms with Crippen LogP contribution in [0.3, 0.4) is 0 Å². The Hall–Kier alpha value is -1.46. The van der Waals surface area contributed by atoms with Gasteiger partial charge >= 0.3 is 0 Å². The molecular weight excluding hydrogens is 280 g/mol. The van der Waals surface area contributed by atoms with Crippen molar-refractivity contribution in [1.29, 1.82) is 0 Å². The van der Waals surface area contributed by atoms with E-state index in [4.69, 9.17) is 9.47 Å². The Bertz CT molecular complexity index is 546. The number of nitrogens with zero attached hydrogens (tertiary/aromatic N) is 2. The Kier molecular flexibility index (Phi) is 3.62. The number of amides is 1. The Morgan fingerprint density at radius 3 is 3.00 bits per heavy atom. The summed E-state index contributed by atoms with van der Waals surface area (Å²) in [5, 5.41) is 0. The van der Waals surface area contributed by atoms with Gasteiger partial charge < -0.3 is 14.4 Å².